The number of likely N-dealkylation sites (tertiary alicyclic amines) is 1. The van der Waals surface area contributed by atoms with Crippen LogP contribution in [-0.4, -0.2) is 25.5 Å². The van der Waals surface area contributed by atoms with Crippen molar-refractivity contribution in [1.82, 2.24) is 5.32 Å². The molecule has 2 N–H and O–H groups in total. The van der Waals surface area contributed by atoms with Crippen LogP contribution >= 0.6 is 11.3 Å². The quantitative estimate of drug-likeness (QED) is 0.785. The van der Waals surface area contributed by atoms with Gasteiger partial charge in [-0.15, -0.1) is 11.3 Å². The van der Waals surface area contributed by atoms with Gasteiger partial charge in [0.15, 0.2) is 6.54 Å². The molecule has 1 saturated heterocycles. The molecule has 2 aromatic rings. The Kier molecular flexibility index (Phi) is 6.27. The minimum absolute atomic E-state index is 0.178. The maximum Gasteiger partial charge on any atom is 0.275 e. The van der Waals surface area contributed by atoms with Gasteiger partial charge in [0.2, 0.25) is 0 Å². The summed E-state index contributed by atoms with van der Waals surface area (Å²) < 4.78 is 0. The summed E-state index contributed by atoms with van der Waals surface area (Å²) in [6.45, 7) is 6.83. The van der Waals surface area contributed by atoms with Gasteiger partial charge in [-0.2, -0.15) is 0 Å². The van der Waals surface area contributed by atoms with Crippen molar-refractivity contribution in [2.45, 2.75) is 45.1 Å². The second-order valence-electron chi connectivity index (χ2n) is 7.29. The van der Waals surface area contributed by atoms with Gasteiger partial charge in [-0.1, -0.05) is 44.2 Å². The number of hydrogen-bond donors (Lipinski definition) is 2. The molecule has 1 unspecified atom stereocenters. The number of rotatable bonds is 7. The first-order valence-electron chi connectivity index (χ1n) is 9.37. The third-order valence-electron chi connectivity index (χ3n) is 5.14. The summed E-state index contributed by atoms with van der Waals surface area (Å²) in [7, 11) is 0. The average Bonchev–Trinajstić information content (AvgIpc) is 3.26. The molecule has 0 bridgehead atoms. The third kappa shape index (κ3) is 4.93. The Morgan fingerprint density at radius 1 is 1.28 bits per heavy atom. The van der Waals surface area contributed by atoms with E-state index in [2.05, 4.69) is 60.9 Å². The van der Waals surface area contributed by atoms with E-state index in [1.54, 1.807) is 0 Å². The van der Waals surface area contributed by atoms with Crippen molar-refractivity contribution < 1.29 is 9.69 Å². The van der Waals surface area contributed by atoms with Gasteiger partial charge < -0.3 is 10.2 Å². The van der Waals surface area contributed by atoms with Crippen molar-refractivity contribution in [3.8, 4) is 0 Å². The Hall–Kier alpha value is -1.65. The van der Waals surface area contributed by atoms with E-state index in [9.17, 15) is 4.79 Å². The lowest BCUT2D eigenvalue weighted by Gasteiger charge is -2.20. The van der Waals surface area contributed by atoms with Crippen molar-refractivity contribution in [3.05, 3.63) is 57.8 Å². The zero-order valence-corrected chi connectivity index (χ0v) is 16.1. The standard InChI is InChI=1S/C21H28N2OS/c1-16(2)18-9-7-17(8-10-18)11-12-22-21(24)15-23-13-3-5-19(23)20-6-4-14-25-20/h4,6-10,14,16,19H,3,5,11-13,15H2,1-2H3,(H,22,24)/p+1/t19-/m1/s1. The van der Waals surface area contributed by atoms with Crippen molar-refractivity contribution in [3.63, 3.8) is 0 Å². The average molecular weight is 358 g/mol. The van der Waals surface area contributed by atoms with Crippen LogP contribution in [0.1, 0.15) is 54.7 Å². The molecule has 1 aromatic carbocycles. The number of nitrogens with one attached hydrogen (secondary N) is 2. The van der Waals surface area contributed by atoms with Gasteiger partial charge in [0.05, 0.1) is 11.4 Å². The molecule has 2 heterocycles. The van der Waals surface area contributed by atoms with Gasteiger partial charge in [-0.25, -0.2) is 0 Å². The SMILES string of the molecule is CC(C)c1ccc(CCNC(=O)C[NH+]2CCC[C@@H]2c2cccs2)cc1. The van der Waals surface area contributed by atoms with Crippen LogP contribution in [0.4, 0.5) is 0 Å². The van der Waals surface area contributed by atoms with E-state index in [-0.39, 0.29) is 5.91 Å². The lowest BCUT2D eigenvalue weighted by Crippen LogP contribution is -3.11. The number of hydrogen-bond acceptors (Lipinski definition) is 2. The van der Waals surface area contributed by atoms with E-state index in [1.807, 2.05) is 11.3 Å². The molecule has 25 heavy (non-hydrogen) atoms. The second-order valence-corrected chi connectivity index (χ2v) is 8.27. The Labute approximate surface area is 155 Å². The summed E-state index contributed by atoms with van der Waals surface area (Å²) >= 11 is 1.82. The van der Waals surface area contributed by atoms with Crippen molar-refractivity contribution in [2.24, 2.45) is 0 Å². The van der Waals surface area contributed by atoms with Gasteiger partial charge in [0.25, 0.3) is 5.91 Å². The molecule has 3 nitrogen and oxygen atoms in total. The smallest absolute Gasteiger partial charge is 0.275 e. The minimum atomic E-state index is 0.178. The minimum Gasteiger partial charge on any atom is -0.351 e. The molecule has 1 amide bonds. The fourth-order valence-electron chi connectivity index (χ4n) is 3.64. The number of amides is 1. The van der Waals surface area contributed by atoms with Gasteiger partial charge in [-0.05, 0) is 34.9 Å². The van der Waals surface area contributed by atoms with Gasteiger partial charge in [0, 0.05) is 19.4 Å². The third-order valence-corrected chi connectivity index (χ3v) is 6.13. The molecule has 2 atom stereocenters. The number of thiophene rings is 1. The zero-order chi connectivity index (χ0) is 17.6. The lowest BCUT2D eigenvalue weighted by atomic mass is 10.0. The Morgan fingerprint density at radius 2 is 2.08 bits per heavy atom. The highest BCUT2D eigenvalue weighted by atomic mass is 32.1. The van der Waals surface area contributed by atoms with E-state index in [1.165, 1.54) is 33.7 Å². The molecule has 1 aliphatic heterocycles. The summed E-state index contributed by atoms with van der Waals surface area (Å²) in [6, 6.07) is 13.6. The van der Waals surface area contributed by atoms with E-state index in [0.29, 0.717) is 18.5 Å². The molecular formula is C21H29N2OS+. The normalized spacial score (nSPS) is 20.1. The van der Waals surface area contributed by atoms with Crippen LogP contribution in [0.3, 0.4) is 0 Å². The fraction of sp³-hybridized carbons (Fsp3) is 0.476. The topological polar surface area (TPSA) is 33.5 Å². The molecule has 0 spiro atoms. The number of carbonyl (C=O) groups is 1. The van der Waals surface area contributed by atoms with Crippen LogP contribution in [-0.2, 0) is 11.2 Å². The summed E-state index contributed by atoms with van der Waals surface area (Å²) in [5, 5.41) is 5.24. The van der Waals surface area contributed by atoms with Crippen LogP contribution in [0, 0.1) is 0 Å². The van der Waals surface area contributed by atoms with Crippen LogP contribution in [0.25, 0.3) is 0 Å². The van der Waals surface area contributed by atoms with Crippen molar-refractivity contribution >= 4 is 17.2 Å². The maximum atomic E-state index is 12.3. The number of carbonyl (C=O) groups excluding carboxylic acids is 1. The summed E-state index contributed by atoms with van der Waals surface area (Å²) in [5.74, 6) is 0.741. The highest BCUT2D eigenvalue weighted by molar-refractivity contribution is 7.10. The van der Waals surface area contributed by atoms with Crippen LogP contribution in [0.15, 0.2) is 41.8 Å². The predicted octanol–water partition coefficient (Wildman–Crippen LogP) is 2.95. The van der Waals surface area contributed by atoms with Gasteiger partial charge in [-0.3, -0.25) is 4.79 Å². The molecule has 134 valence electrons. The first kappa shape index (κ1) is 18.2. The first-order valence-corrected chi connectivity index (χ1v) is 10.2. The molecule has 0 radical (unpaired) electrons. The van der Waals surface area contributed by atoms with E-state index in [0.717, 1.165) is 19.5 Å². The maximum absolute atomic E-state index is 12.3. The summed E-state index contributed by atoms with van der Waals surface area (Å²) in [4.78, 5) is 15.2. The Morgan fingerprint density at radius 3 is 2.76 bits per heavy atom. The van der Waals surface area contributed by atoms with Crippen LogP contribution in [0.2, 0.25) is 0 Å². The predicted molar refractivity (Wildman–Crippen MR) is 104 cm³/mol. The van der Waals surface area contributed by atoms with Crippen LogP contribution < -0.4 is 10.2 Å². The largest absolute Gasteiger partial charge is 0.351 e. The monoisotopic (exact) mass is 357 g/mol. The van der Waals surface area contributed by atoms with E-state index in [4.69, 9.17) is 0 Å². The molecule has 1 aromatic heterocycles. The fourth-order valence-corrected chi connectivity index (χ4v) is 4.56. The number of quaternary nitrogens is 1. The molecule has 4 heteroatoms. The molecular weight excluding hydrogens is 328 g/mol. The van der Waals surface area contributed by atoms with Crippen molar-refractivity contribution in [2.75, 3.05) is 19.6 Å². The molecule has 0 aliphatic carbocycles. The van der Waals surface area contributed by atoms with Gasteiger partial charge in [0.1, 0.15) is 6.04 Å². The second kappa shape index (κ2) is 8.63. The van der Waals surface area contributed by atoms with E-state index >= 15 is 0 Å². The highest BCUT2D eigenvalue weighted by Crippen LogP contribution is 2.23. The zero-order valence-electron chi connectivity index (χ0n) is 15.3. The first-order chi connectivity index (χ1) is 12.1. The summed E-state index contributed by atoms with van der Waals surface area (Å²) in [5.41, 5.74) is 2.65. The molecule has 1 aliphatic rings. The lowest BCUT2D eigenvalue weighted by molar-refractivity contribution is -0.910. The van der Waals surface area contributed by atoms with Crippen LogP contribution in [0.5, 0.6) is 0 Å². The van der Waals surface area contributed by atoms with E-state index < -0.39 is 0 Å². The van der Waals surface area contributed by atoms with Gasteiger partial charge >= 0.3 is 0 Å². The summed E-state index contributed by atoms with van der Waals surface area (Å²) in [6.07, 6.45) is 3.31. The Bertz CT molecular complexity index is 664. The molecule has 3 rings (SSSR count). The highest BCUT2D eigenvalue weighted by Gasteiger charge is 2.31. The molecule has 0 saturated carbocycles. The Balaban J connectivity index is 1.43. The molecule has 1 fully saturated rings. The number of benzene rings is 1. The van der Waals surface area contributed by atoms with Crippen molar-refractivity contribution in [1.29, 1.82) is 0 Å².